The zero-order valence-corrected chi connectivity index (χ0v) is 13.3. The third kappa shape index (κ3) is 2.22. The van der Waals surface area contributed by atoms with Crippen LogP contribution in [0.5, 0.6) is 0 Å². The van der Waals surface area contributed by atoms with Crippen molar-refractivity contribution in [2.75, 3.05) is 6.54 Å². The Morgan fingerprint density at radius 3 is 2.81 bits per heavy atom. The summed E-state index contributed by atoms with van der Waals surface area (Å²) in [7, 11) is 0. The first-order valence-electron chi connectivity index (χ1n) is 7.67. The molecule has 2 amide bonds. The Labute approximate surface area is 134 Å². The number of rotatable bonds is 1. The molecule has 21 heavy (non-hydrogen) atoms. The number of carbonyl (C=O) groups is 1. The summed E-state index contributed by atoms with van der Waals surface area (Å²) < 4.78 is 0. The molecule has 1 N–H and O–H groups in total. The van der Waals surface area contributed by atoms with Crippen molar-refractivity contribution in [3.05, 3.63) is 33.3 Å². The van der Waals surface area contributed by atoms with Gasteiger partial charge in [-0.25, -0.2) is 4.79 Å². The number of piperidine rings is 1. The largest absolute Gasteiger partial charge is 0.331 e. The van der Waals surface area contributed by atoms with Gasteiger partial charge >= 0.3 is 6.03 Å². The van der Waals surface area contributed by atoms with E-state index in [1.165, 1.54) is 19.3 Å². The Balaban J connectivity index is 1.50. The van der Waals surface area contributed by atoms with Crippen molar-refractivity contribution in [1.82, 2.24) is 10.2 Å². The molecule has 1 heterocycles. The molecular weight excluding hydrogens is 307 g/mol. The molecule has 3 unspecified atom stereocenters. The molecule has 1 saturated heterocycles. The lowest BCUT2D eigenvalue weighted by atomic mass is 10.1. The first kappa shape index (κ1) is 13.7. The van der Waals surface area contributed by atoms with E-state index in [0.717, 1.165) is 36.4 Å². The molecule has 2 fully saturated rings. The van der Waals surface area contributed by atoms with Crippen LogP contribution >= 0.6 is 23.2 Å². The van der Waals surface area contributed by atoms with Crippen molar-refractivity contribution < 1.29 is 4.79 Å². The van der Waals surface area contributed by atoms with Crippen molar-refractivity contribution in [2.24, 2.45) is 5.92 Å². The molecule has 2 bridgehead atoms. The van der Waals surface area contributed by atoms with Crippen LogP contribution < -0.4 is 5.32 Å². The summed E-state index contributed by atoms with van der Waals surface area (Å²) in [5.41, 5.74) is 2.22. The van der Waals surface area contributed by atoms with Gasteiger partial charge in [-0.3, -0.25) is 0 Å². The monoisotopic (exact) mass is 324 g/mol. The third-order valence-electron chi connectivity index (χ3n) is 5.26. The van der Waals surface area contributed by atoms with Gasteiger partial charge in [0.15, 0.2) is 0 Å². The molecule has 3 nitrogen and oxygen atoms in total. The minimum atomic E-state index is 0.0707. The Hall–Kier alpha value is -0.930. The van der Waals surface area contributed by atoms with E-state index in [9.17, 15) is 4.79 Å². The predicted molar refractivity (Wildman–Crippen MR) is 83.9 cm³/mol. The van der Waals surface area contributed by atoms with E-state index in [4.69, 9.17) is 23.2 Å². The van der Waals surface area contributed by atoms with Crippen LogP contribution in [0.1, 0.15) is 42.9 Å². The number of benzene rings is 1. The fourth-order valence-corrected chi connectivity index (χ4v) is 4.63. The fourth-order valence-electron chi connectivity index (χ4n) is 4.19. The van der Waals surface area contributed by atoms with E-state index in [-0.39, 0.29) is 12.1 Å². The maximum absolute atomic E-state index is 12.5. The highest BCUT2D eigenvalue weighted by molar-refractivity contribution is 6.42. The summed E-state index contributed by atoms with van der Waals surface area (Å²) >= 11 is 12.3. The zero-order chi connectivity index (χ0) is 14.6. The maximum Gasteiger partial charge on any atom is 0.318 e. The van der Waals surface area contributed by atoms with Crippen molar-refractivity contribution in [3.8, 4) is 0 Å². The second-order valence-electron chi connectivity index (χ2n) is 6.46. The molecule has 3 atom stereocenters. The van der Waals surface area contributed by atoms with E-state index >= 15 is 0 Å². The predicted octanol–water partition coefficient (Wildman–Crippen LogP) is 4.17. The van der Waals surface area contributed by atoms with Crippen LogP contribution in [0, 0.1) is 5.92 Å². The van der Waals surface area contributed by atoms with Crippen molar-refractivity contribution in [3.63, 3.8) is 0 Å². The number of urea groups is 1. The number of likely N-dealkylation sites (tertiary alicyclic amines) is 1. The number of amides is 2. The molecule has 3 aliphatic rings. The van der Waals surface area contributed by atoms with Crippen molar-refractivity contribution in [1.29, 1.82) is 0 Å². The van der Waals surface area contributed by atoms with Gasteiger partial charge in [0.05, 0.1) is 16.1 Å². The SMILES string of the molecule is O=C(NC1CCc2c1ccc(Cl)c2Cl)N1CC2CCC1C2. The zero-order valence-electron chi connectivity index (χ0n) is 11.7. The third-order valence-corrected chi connectivity index (χ3v) is 6.10. The molecule has 0 spiro atoms. The molecule has 4 rings (SSSR count). The van der Waals surface area contributed by atoms with Gasteiger partial charge in [0.25, 0.3) is 0 Å². The minimum Gasteiger partial charge on any atom is -0.331 e. The molecule has 1 saturated carbocycles. The Morgan fingerprint density at radius 2 is 2.10 bits per heavy atom. The van der Waals surface area contributed by atoms with Crippen LogP contribution in [0.3, 0.4) is 0 Å². The minimum absolute atomic E-state index is 0.0707. The number of nitrogens with one attached hydrogen (secondary N) is 1. The highest BCUT2D eigenvalue weighted by Gasteiger charge is 2.41. The molecule has 2 aliphatic carbocycles. The molecule has 0 aromatic heterocycles. The molecule has 1 aromatic carbocycles. The van der Waals surface area contributed by atoms with Crippen LogP contribution in [-0.2, 0) is 6.42 Å². The Morgan fingerprint density at radius 1 is 1.24 bits per heavy atom. The highest BCUT2D eigenvalue weighted by atomic mass is 35.5. The molecule has 5 heteroatoms. The van der Waals surface area contributed by atoms with Gasteiger partial charge in [-0.1, -0.05) is 29.3 Å². The Bertz CT molecular complexity index is 604. The van der Waals surface area contributed by atoms with Gasteiger partial charge in [-0.15, -0.1) is 0 Å². The smallest absolute Gasteiger partial charge is 0.318 e. The fraction of sp³-hybridized carbons (Fsp3) is 0.562. The first-order valence-corrected chi connectivity index (χ1v) is 8.43. The van der Waals surface area contributed by atoms with Gasteiger partial charge in [-0.05, 0) is 55.2 Å². The van der Waals surface area contributed by atoms with E-state index in [1.807, 2.05) is 17.0 Å². The second-order valence-corrected chi connectivity index (χ2v) is 7.24. The molecule has 1 aromatic rings. The van der Waals surface area contributed by atoms with Crippen LogP contribution in [0.4, 0.5) is 4.79 Å². The van der Waals surface area contributed by atoms with E-state index in [1.54, 1.807) is 0 Å². The lowest BCUT2D eigenvalue weighted by Crippen LogP contribution is -2.45. The van der Waals surface area contributed by atoms with E-state index < -0.39 is 0 Å². The summed E-state index contributed by atoms with van der Waals surface area (Å²) in [5, 5.41) is 4.43. The van der Waals surface area contributed by atoms with Gasteiger partial charge < -0.3 is 10.2 Å². The summed E-state index contributed by atoms with van der Waals surface area (Å²) in [6, 6.07) is 4.44. The average Bonchev–Trinajstić information content (AvgIpc) is 3.18. The summed E-state index contributed by atoms with van der Waals surface area (Å²) in [5.74, 6) is 0.727. The first-order chi connectivity index (χ1) is 10.1. The van der Waals surface area contributed by atoms with Crippen LogP contribution in [0.25, 0.3) is 0 Å². The average molecular weight is 325 g/mol. The van der Waals surface area contributed by atoms with E-state index in [0.29, 0.717) is 16.1 Å². The van der Waals surface area contributed by atoms with E-state index in [2.05, 4.69) is 5.32 Å². The summed E-state index contributed by atoms with van der Waals surface area (Å²) in [4.78, 5) is 14.5. The standard InChI is InChI=1S/C16H18Cl2N2O/c17-13-5-3-11-12(15(13)18)4-6-14(11)19-16(21)20-8-9-1-2-10(20)7-9/h3,5,9-10,14H,1-2,4,6-8H2,(H,19,21). The summed E-state index contributed by atoms with van der Waals surface area (Å²) in [6.07, 6.45) is 5.43. The quantitative estimate of drug-likeness (QED) is 0.825. The number of halogens is 2. The van der Waals surface area contributed by atoms with Gasteiger partial charge in [0.2, 0.25) is 0 Å². The number of hydrogen-bond acceptors (Lipinski definition) is 1. The lowest BCUT2D eigenvalue weighted by molar-refractivity contribution is 0.177. The van der Waals surface area contributed by atoms with Crippen molar-refractivity contribution in [2.45, 2.75) is 44.2 Å². The normalized spacial score (nSPS) is 29.8. The van der Waals surface area contributed by atoms with Crippen molar-refractivity contribution >= 4 is 29.2 Å². The van der Waals surface area contributed by atoms with Gasteiger partial charge in [-0.2, -0.15) is 0 Å². The molecule has 1 aliphatic heterocycles. The van der Waals surface area contributed by atoms with Crippen LogP contribution in [-0.4, -0.2) is 23.5 Å². The van der Waals surface area contributed by atoms with Crippen LogP contribution in [0.2, 0.25) is 10.0 Å². The highest BCUT2D eigenvalue weighted by Crippen LogP contribution is 2.40. The number of carbonyl (C=O) groups excluding carboxylic acids is 1. The second kappa shape index (κ2) is 5.06. The molecular formula is C16H18Cl2N2O. The van der Waals surface area contributed by atoms with Gasteiger partial charge in [0, 0.05) is 12.6 Å². The topological polar surface area (TPSA) is 32.3 Å². The number of hydrogen-bond donors (Lipinski definition) is 1. The molecule has 0 radical (unpaired) electrons. The maximum atomic E-state index is 12.5. The Kier molecular flexibility index (Phi) is 3.31. The van der Waals surface area contributed by atoms with Crippen LogP contribution in [0.15, 0.2) is 12.1 Å². The van der Waals surface area contributed by atoms with Gasteiger partial charge in [0.1, 0.15) is 0 Å². The number of fused-ring (bicyclic) bond motifs is 3. The molecule has 112 valence electrons. The number of nitrogens with zero attached hydrogens (tertiary/aromatic N) is 1. The summed E-state index contributed by atoms with van der Waals surface area (Å²) in [6.45, 7) is 0.928. The lowest BCUT2D eigenvalue weighted by Gasteiger charge is -2.29.